The Balaban J connectivity index is 2.56. The Morgan fingerprint density at radius 1 is 1.04 bits per heavy atom. The first kappa shape index (κ1) is 19.4. The first-order chi connectivity index (χ1) is 11.5. The van der Waals surface area contributed by atoms with Crippen molar-refractivity contribution < 1.29 is 28.5 Å². The molecule has 0 heterocycles. The molecular weight excluding hydrogens is 316 g/mol. The number of urea groups is 1. The van der Waals surface area contributed by atoms with Crippen molar-refractivity contribution in [3.8, 4) is 17.2 Å². The SMILES string of the molecule is CCOC(=O)CCCNC(=O)Nc1cc(OC)c(OC)c(OC)c1. The second-order valence-electron chi connectivity index (χ2n) is 4.70. The molecule has 0 unspecified atom stereocenters. The number of hydrogen-bond acceptors (Lipinski definition) is 6. The predicted octanol–water partition coefficient (Wildman–Crippen LogP) is 2.18. The number of carbonyl (C=O) groups is 2. The number of benzene rings is 1. The minimum Gasteiger partial charge on any atom is -0.493 e. The van der Waals surface area contributed by atoms with E-state index in [9.17, 15) is 9.59 Å². The Morgan fingerprint density at radius 2 is 1.67 bits per heavy atom. The van der Waals surface area contributed by atoms with Crippen molar-refractivity contribution in [2.24, 2.45) is 0 Å². The summed E-state index contributed by atoms with van der Waals surface area (Å²) in [6.45, 7) is 2.46. The zero-order valence-electron chi connectivity index (χ0n) is 14.4. The van der Waals surface area contributed by atoms with Crippen LogP contribution in [0.2, 0.25) is 0 Å². The van der Waals surface area contributed by atoms with Crippen LogP contribution in [0.25, 0.3) is 0 Å². The third kappa shape index (κ3) is 5.86. The van der Waals surface area contributed by atoms with E-state index in [1.54, 1.807) is 19.1 Å². The van der Waals surface area contributed by atoms with E-state index in [4.69, 9.17) is 18.9 Å². The molecule has 2 N–H and O–H groups in total. The molecule has 0 aliphatic heterocycles. The smallest absolute Gasteiger partial charge is 0.319 e. The lowest BCUT2D eigenvalue weighted by Gasteiger charge is -2.14. The van der Waals surface area contributed by atoms with Crippen molar-refractivity contribution in [3.63, 3.8) is 0 Å². The fraction of sp³-hybridized carbons (Fsp3) is 0.500. The molecule has 0 fully saturated rings. The second kappa shape index (κ2) is 10.2. The molecule has 0 aliphatic carbocycles. The number of hydrogen-bond donors (Lipinski definition) is 2. The lowest BCUT2D eigenvalue weighted by Crippen LogP contribution is -2.29. The molecular formula is C16H24N2O6. The van der Waals surface area contributed by atoms with Gasteiger partial charge in [0.25, 0.3) is 0 Å². The average molecular weight is 340 g/mol. The van der Waals surface area contributed by atoms with Crippen LogP contribution in [-0.4, -0.2) is 46.5 Å². The Labute approximate surface area is 141 Å². The summed E-state index contributed by atoms with van der Waals surface area (Å²) >= 11 is 0. The minimum atomic E-state index is -0.395. The molecule has 2 amide bonds. The van der Waals surface area contributed by atoms with Gasteiger partial charge < -0.3 is 29.6 Å². The van der Waals surface area contributed by atoms with E-state index in [0.717, 1.165) is 0 Å². The fourth-order valence-corrected chi connectivity index (χ4v) is 2.00. The van der Waals surface area contributed by atoms with E-state index in [2.05, 4.69) is 10.6 Å². The summed E-state index contributed by atoms with van der Waals surface area (Å²) in [6.07, 6.45) is 0.764. The lowest BCUT2D eigenvalue weighted by molar-refractivity contribution is -0.143. The van der Waals surface area contributed by atoms with E-state index < -0.39 is 6.03 Å². The standard InChI is InChI=1S/C16H24N2O6/c1-5-24-14(19)7-6-8-17-16(20)18-11-9-12(21-2)15(23-4)13(10-11)22-3/h9-10H,5-8H2,1-4H3,(H2,17,18,20). The number of nitrogens with one attached hydrogen (secondary N) is 2. The zero-order valence-corrected chi connectivity index (χ0v) is 14.4. The molecule has 0 saturated carbocycles. The third-order valence-electron chi connectivity index (χ3n) is 3.07. The number of ether oxygens (including phenoxy) is 4. The van der Waals surface area contributed by atoms with Crippen LogP contribution < -0.4 is 24.8 Å². The van der Waals surface area contributed by atoms with Gasteiger partial charge in [-0.2, -0.15) is 0 Å². The predicted molar refractivity (Wildman–Crippen MR) is 89.0 cm³/mol. The fourth-order valence-electron chi connectivity index (χ4n) is 2.00. The highest BCUT2D eigenvalue weighted by Gasteiger charge is 2.14. The van der Waals surface area contributed by atoms with Gasteiger partial charge in [-0.05, 0) is 13.3 Å². The molecule has 0 radical (unpaired) electrons. The van der Waals surface area contributed by atoms with E-state index in [1.807, 2.05) is 0 Å². The third-order valence-corrected chi connectivity index (χ3v) is 3.07. The topological polar surface area (TPSA) is 95.1 Å². The maximum atomic E-state index is 11.9. The maximum Gasteiger partial charge on any atom is 0.319 e. The van der Waals surface area contributed by atoms with E-state index in [-0.39, 0.29) is 12.4 Å². The van der Waals surface area contributed by atoms with Gasteiger partial charge in [0.05, 0.1) is 33.6 Å². The second-order valence-corrected chi connectivity index (χ2v) is 4.70. The number of rotatable bonds is 9. The van der Waals surface area contributed by atoms with Crippen LogP contribution >= 0.6 is 0 Å². The molecule has 1 aromatic rings. The monoisotopic (exact) mass is 340 g/mol. The van der Waals surface area contributed by atoms with Gasteiger partial charge in [0.2, 0.25) is 5.75 Å². The van der Waals surface area contributed by atoms with Gasteiger partial charge in [-0.3, -0.25) is 4.79 Å². The Kier molecular flexibility index (Phi) is 8.24. The highest BCUT2D eigenvalue weighted by molar-refractivity contribution is 5.90. The highest BCUT2D eigenvalue weighted by Crippen LogP contribution is 2.39. The molecule has 0 aromatic heterocycles. The quantitative estimate of drug-likeness (QED) is 0.528. The van der Waals surface area contributed by atoms with Crippen molar-refractivity contribution in [1.82, 2.24) is 5.32 Å². The van der Waals surface area contributed by atoms with Gasteiger partial charge in [-0.1, -0.05) is 0 Å². The molecule has 8 heteroatoms. The van der Waals surface area contributed by atoms with Crippen LogP contribution in [0.15, 0.2) is 12.1 Å². The van der Waals surface area contributed by atoms with Crippen molar-refractivity contribution in [2.45, 2.75) is 19.8 Å². The number of esters is 1. The zero-order chi connectivity index (χ0) is 17.9. The molecule has 0 bridgehead atoms. The number of anilines is 1. The van der Waals surface area contributed by atoms with Crippen LogP contribution in [0, 0.1) is 0 Å². The molecule has 1 aromatic carbocycles. The van der Waals surface area contributed by atoms with Crippen LogP contribution in [-0.2, 0) is 9.53 Å². The molecule has 1 rings (SSSR count). The largest absolute Gasteiger partial charge is 0.493 e. The van der Waals surface area contributed by atoms with E-state index >= 15 is 0 Å². The van der Waals surface area contributed by atoms with Crippen molar-refractivity contribution in [1.29, 1.82) is 0 Å². The summed E-state index contributed by atoms with van der Waals surface area (Å²) in [5.74, 6) is 1.05. The normalized spacial score (nSPS) is 9.83. The molecule has 8 nitrogen and oxygen atoms in total. The van der Waals surface area contributed by atoms with Crippen LogP contribution in [0.4, 0.5) is 10.5 Å². The van der Waals surface area contributed by atoms with Crippen LogP contribution in [0.5, 0.6) is 17.2 Å². The average Bonchev–Trinajstić information content (AvgIpc) is 2.58. The highest BCUT2D eigenvalue weighted by atomic mass is 16.5. The first-order valence-corrected chi connectivity index (χ1v) is 7.56. The molecule has 134 valence electrons. The Morgan fingerprint density at radius 3 is 2.17 bits per heavy atom. The number of carbonyl (C=O) groups excluding carboxylic acids is 2. The van der Waals surface area contributed by atoms with E-state index in [0.29, 0.717) is 42.5 Å². The van der Waals surface area contributed by atoms with Gasteiger partial charge in [0.15, 0.2) is 11.5 Å². The summed E-state index contributed by atoms with van der Waals surface area (Å²) in [5.41, 5.74) is 0.493. The molecule has 0 aliphatic rings. The first-order valence-electron chi connectivity index (χ1n) is 7.56. The van der Waals surface area contributed by atoms with Crippen LogP contribution in [0.1, 0.15) is 19.8 Å². The van der Waals surface area contributed by atoms with Gasteiger partial charge in [0.1, 0.15) is 0 Å². The van der Waals surface area contributed by atoms with Crippen molar-refractivity contribution >= 4 is 17.7 Å². The van der Waals surface area contributed by atoms with E-state index in [1.165, 1.54) is 21.3 Å². The minimum absolute atomic E-state index is 0.262. The van der Waals surface area contributed by atoms with Gasteiger partial charge >= 0.3 is 12.0 Å². The molecule has 24 heavy (non-hydrogen) atoms. The van der Waals surface area contributed by atoms with Gasteiger partial charge in [0, 0.05) is 25.1 Å². The summed E-state index contributed by atoms with van der Waals surface area (Å²) in [4.78, 5) is 23.1. The molecule has 0 saturated heterocycles. The summed E-state index contributed by atoms with van der Waals surface area (Å²) in [6, 6.07) is 2.85. The van der Waals surface area contributed by atoms with Gasteiger partial charge in [-0.15, -0.1) is 0 Å². The van der Waals surface area contributed by atoms with Crippen molar-refractivity contribution in [3.05, 3.63) is 12.1 Å². The Bertz CT molecular complexity index is 536. The number of amides is 2. The Hall–Kier alpha value is -2.64. The number of methoxy groups -OCH3 is 3. The summed E-state index contributed by atoms with van der Waals surface area (Å²) < 4.78 is 20.5. The van der Waals surface area contributed by atoms with Gasteiger partial charge in [-0.25, -0.2) is 4.79 Å². The van der Waals surface area contributed by atoms with Crippen LogP contribution in [0.3, 0.4) is 0 Å². The summed E-state index contributed by atoms with van der Waals surface area (Å²) in [5, 5.41) is 5.34. The summed E-state index contributed by atoms with van der Waals surface area (Å²) in [7, 11) is 4.50. The lowest BCUT2D eigenvalue weighted by atomic mass is 10.2. The maximum absolute atomic E-state index is 11.9. The molecule has 0 spiro atoms. The van der Waals surface area contributed by atoms with Crippen molar-refractivity contribution in [2.75, 3.05) is 39.8 Å². The molecule has 0 atom stereocenters.